The molecule has 4 nitrogen and oxygen atoms in total. The molecule has 2 aromatic carbocycles. The molecule has 0 radical (unpaired) electrons. The first-order valence-electron chi connectivity index (χ1n) is 9.25. The SMILES string of the molecule is COc1cc(C2SCCS2)ccc1OC(=O)Cc1csc(-c2cccc(C)c2)n1. The number of ether oxygens (including phenoxy) is 2. The summed E-state index contributed by atoms with van der Waals surface area (Å²) in [5, 5.41) is 2.82. The maximum atomic E-state index is 12.5. The molecule has 2 heterocycles. The Morgan fingerprint density at radius 2 is 1.97 bits per heavy atom. The van der Waals surface area contributed by atoms with Crippen molar-refractivity contribution in [2.24, 2.45) is 0 Å². The summed E-state index contributed by atoms with van der Waals surface area (Å²) in [6.45, 7) is 2.05. The Bertz CT molecular complexity index is 1010. The summed E-state index contributed by atoms with van der Waals surface area (Å²) in [4.78, 5) is 17.1. The number of carbonyl (C=O) groups excluding carboxylic acids is 1. The fraction of sp³-hybridized carbons (Fsp3) is 0.273. The van der Waals surface area contributed by atoms with Gasteiger partial charge in [0, 0.05) is 22.4 Å². The van der Waals surface area contributed by atoms with Crippen LogP contribution < -0.4 is 9.47 Å². The molecule has 1 aliphatic heterocycles. The van der Waals surface area contributed by atoms with Crippen molar-refractivity contribution >= 4 is 40.8 Å². The van der Waals surface area contributed by atoms with E-state index in [0.717, 1.165) is 22.1 Å². The molecule has 0 aliphatic carbocycles. The van der Waals surface area contributed by atoms with Gasteiger partial charge >= 0.3 is 5.97 Å². The van der Waals surface area contributed by atoms with Gasteiger partial charge in [0.2, 0.25) is 0 Å². The molecule has 4 rings (SSSR count). The molecule has 0 N–H and O–H groups in total. The number of aromatic nitrogens is 1. The highest BCUT2D eigenvalue weighted by atomic mass is 32.2. The van der Waals surface area contributed by atoms with Gasteiger partial charge in [-0.25, -0.2) is 4.98 Å². The average Bonchev–Trinajstić information content (AvgIpc) is 3.40. The van der Waals surface area contributed by atoms with Crippen LogP contribution in [0.15, 0.2) is 47.8 Å². The second-order valence-electron chi connectivity index (χ2n) is 6.65. The Hall–Kier alpha value is -1.96. The van der Waals surface area contributed by atoms with E-state index < -0.39 is 0 Å². The normalized spacial score (nSPS) is 14.1. The monoisotopic (exact) mass is 443 g/mol. The van der Waals surface area contributed by atoms with Crippen LogP contribution in [0.1, 0.15) is 21.4 Å². The van der Waals surface area contributed by atoms with Gasteiger partial charge in [0.1, 0.15) is 5.01 Å². The van der Waals surface area contributed by atoms with Gasteiger partial charge in [0.05, 0.1) is 23.8 Å². The number of hydrogen-bond donors (Lipinski definition) is 0. The molecule has 0 amide bonds. The molecule has 0 unspecified atom stereocenters. The average molecular weight is 444 g/mol. The number of esters is 1. The van der Waals surface area contributed by atoms with E-state index in [1.165, 1.54) is 22.5 Å². The molecule has 1 aliphatic rings. The van der Waals surface area contributed by atoms with Gasteiger partial charge in [0.15, 0.2) is 11.5 Å². The van der Waals surface area contributed by atoms with Crippen molar-refractivity contribution in [1.29, 1.82) is 0 Å². The van der Waals surface area contributed by atoms with Gasteiger partial charge in [-0.1, -0.05) is 29.8 Å². The molecular weight excluding hydrogens is 422 g/mol. The molecule has 1 saturated heterocycles. The fourth-order valence-corrected chi connectivity index (χ4v) is 6.73. The topological polar surface area (TPSA) is 48.4 Å². The number of methoxy groups -OCH3 is 1. The Morgan fingerprint density at radius 1 is 1.14 bits per heavy atom. The summed E-state index contributed by atoms with van der Waals surface area (Å²) in [5.41, 5.74) is 4.15. The lowest BCUT2D eigenvalue weighted by Gasteiger charge is -2.13. The van der Waals surface area contributed by atoms with E-state index in [9.17, 15) is 4.79 Å². The van der Waals surface area contributed by atoms with Crippen molar-refractivity contribution in [3.63, 3.8) is 0 Å². The molecule has 29 heavy (non-hydrogen) atoms. The molecular formula is C22H21NO3S3. The quantitative estimate of drug-likeness (QED) is 0.357. The number of aryl methyl sites for hydroxylation is 1. The number of benzene rings is 2. The number of nitrogens with zero attached hydrogens (tertiary/aromatic N) is 1. The van der Waals surface area contributed by atoms with E-state index >= 15 is 0 Å². The van der Waals surface area contributed by atoms with Crippen molar-refractivity contribution in [2.75, 3.05) is 18.6 Å². The minimum atomic E-state index is -0.346. The minimum absolute atomic E-state index is 0.127. The largest absolute Gasteiger partial charge is 0.493 e. The van der Waals surface area contributed by atoms with E-state index in [4.69, 9.17) is 9.47 Å². The van der Waals surface area contributed by atoms with Crippen LogP contribution in [0.5, 0.6) is 11.5 Å². The van der Waals surface area contributed by atoms with E-state index in [1.54, 1.807) is 7.11 Å². The van der Waals surface area contributed by atoms with Crippen molar-refractivity contribution < 1.29 is 14.3 Å². The zero-order valence-electron chi connectivity index (χ0n) is 16.2. The lowest BCUT2D eigenvalue weighted by Crippen LogP contribution is -2.12. The molecule has 7 heteroatoms. The van der Waals surface area contributed by atoms with Crippen LogP contribution >= 0.6 is 34.9 Å². The van der Waals surface area contributed by atoms with Gasteiger partial charge in [-0.2, -0.15) is 0 Å². The Morgan fingerprint density at radius 3 is 2.72 bits per heavy atom. The number of thiazole rings is 1. The third-order valence-electron chi connectivity index (χ3n) is 4.45. The van der Waals surface area contributed by atoms with E-state index in [0.29, 0.717) is 21.8 Å². The second kappa shape index (κ2) is 9.24. The molecule has 3 aromatic rings. The maximum absolute atomic E-state index is 12.5. The van der Waals surface area contributed by atoms with Gasteiger partial charge in [-0.15, -0.1) is 34.9 Å². The summed E-state index contributed by atoms with van der Waals surface area (Å²) in [5.74, 6) is 3.01. The zero-order chi connectivity index (χ0) is 20.2. The van der Waals surface area contributed by atoms with E-state index in [1.807, 2.05) is 59.2 Å². The molecule has 0 atom stereocenters. The first kappa shape index (κ1) is 20.3. The molecule has 0 spiro atoms. The summed E-state index contributed by atoms with van der Waals surface area (Å²) in [6, 6.07) is 14.0. The molecule has 1 aromatic heterocycles. The molecule has 0 bridgehead atoms. The molecule has 1 fully saturated rings. The molecule has 0 saturated carbocycles. The smallest absolute Gasteiger partial charge is 0.317 e. The van der Waals surface area contributed by atoms with E-state index in [2.05, 4.69) is 24.0 Å². The summed E-state index contributed by atoms with van der Waals surface area (Å²) >= 11 is 5.40. The fourth-order valence-electron chi connectivity index (χ4n) is 3.07. The second-order valence-corrected chi connectivity index (χ2v) is 10.2. The predicted molar refractivity (Wildman–Crippen MR) is 122 cm³/mol. The standard InChI is InChI=1S/C22H21NO3S3/c1-14-4-3-5-15(10-14)21-23-17(13-29-21)12-20(24)26-18-7-6-16(11-19(18)25-2)22-27-8-9-28-22/h3-7,10-11,13,22H,8-9,12H2,1-2H3. The predicted octanol–water partition coefficient (Wildman–Crippen LogP) is 5.75. The highest BCUT2D eigenvalue weighted by Gasteiger charge is 2.21. The number of rotatable bonds is 6. The summed E-state index contributed by atoms with van der Waals surface area (Å²) in [7, 11) is 1.60. The third-order valence-corrected chi connectivity index (χ3v) is 8.49. The van der Waals surface area contributed by atoms with Gasteiger partial charge < -0.3 is 9.47 Å². The summed E-state index contributed by atoms with van der Waals surface area (Å²) < 4.78 is 11.5. The first-order chi connectivity index (χ1) is 14.1. The van der Waals surface area contributed by atoms with Crippen molar-refractivity contribution in [2.45, 2.75) is 17.9 Å². The Balaban J connectivity index is 1.43. The number of thioether (sulfide) groups is 2. The molecule has 150 valence electrons. The van der Waals surface area contributed by atoms with Crippen LogP contribution in [0, 0.1) is 6.92 Å². The third kappa shape index (κ3) is 4.97. The van der Waals surface area contributed by atoms with Gasteiger partial charge in [0.25, 0.3) is 0 Å². The van der Waals surface area contributed by atoms with Crippen LogP contribution in [-0.4, -0.2) is 29.6 Å². The van der Waals surface area contributed by atoms with Gasteiger partial charge in [-0.05, 0) is 30.7 Å². The maximum Gasteiger partial charge on any atom is 0.317 e. The van der Waals surface area contributed by atoms with E-state index in [-0.39, 0.29) is 12.4 Å². The lowest BCUT2D eigenvalue weighted by molar-refractivity contribution is -0.133. The highest BCUT2D eigenvalue weighted by molar-refractivity contribution is 8.19. The summed E-state index contributed by atoms with van der Waals surface area (Å²) in [6.07, 6.45) is 0.127. The number of hydrogen-bond acceptors (Lipinski definition) is 7. The van der Waals surface area contributed by atoms with Gasteiger partial charge in [-0.3, -0.25) is 4.79 Å². The zero-order valence-corrected chi connectivity index (χ0v) is 18.7. The number of carbonyl (C=O) groups is 1. The van der Waals surface area contributed by atoms with Crippen LogP contribution in [-0.2, 0) is 11.2 Å². The van der Waals surface area contributed by atoms with Crippen LogP contribution in [0.25, 0.3) is 10.6 Å². The van der Waals surface area contributed by atoms with Crippen molar-refractivity contribution in [1.82, 2.24) is 4.98 Å². The Labute approximate surface area is 183 Å². The van der Waals surface area contributed by atoms with Crippen molar-refractivity contribution in [3.05, 3.63) is 64.7 Å². The van der Waals surface area contributed by atoms with Crippen LogP contribution in [0.4, 0.5) is 0 Å². The van der Waals surface area contributed by atoms with Crippen molar-refractivity contribution in [3.8, 4) is 22.1 Å². The highest BCUT2D eigenvalue weighted by Crippen LogP contribution is 2.47. The van der Waals surface area contributed by atoms with Crippen LogP contribution in [0.3, 0.4) is 0 Å². The lowest BCUT2D eigenvalue weighted by atomic mass is 10.1. The first-order valence-corrected chi connectivity index (χ1v) is 12.2. The Kier molecular flexibility index (Phi) is 6.47. The van der Waals surface area contributed by atoms with Crippen LogP contribution in [0.2, 0.25) is 0 Å². The minimum Gasteiger partial charge on any atom is -0.493 e.